The van der Waals surface area contributed by atoms with Crippen molar-refractivity contribution in [2.75, 3.05) is 11.9 Å². The van der Waals surface area contributed by atoms with Gasteiger partial charge in [0, 0.05) is 19.0 Å². The maximum Gasteiger partial charge on any atom is 0.255 e. The summed E-state index contributed by atoms with van der Waals surface area (Å²) in [5.41, 5.74) is 0. The highest BCUT2D eigenvalue weighted by Crippen LogP contribution is 2.14. The molecule has 3 aromatic heterocycles. The summed E-state index contributed by atoms with van der Waals surface area (Å²) in [7, 11) is 0. The maximum absolute atomic E-state index is 5.91. The summed E-state index contributed by atoms with van der Waals surface area (Å²) in [5.74, 6) is 2.37. The van der Waals surface area contributed by atoms with Gasteiger partial charge in [-0.3, -0.25) is 0 Å². The normalized spacial score (nSPS) is 11.1. The van der Waals surface area contributed by atoms with Crippen LogP contribution in [0.15, 0.2) is 16.9 Å². The molecular formula is C10H10ClN7O. The molecule has 0 spiro atoms. The molecule has 0 fully saturated rings. The standard InChI is InChI=1S/C10H10ClN7O/c1-6-15-9(19-17-6)2-3-12-8-4-7(11)16-10-13-5-14-18(8)10/h4-5,12H,2-3H2,1H3. The number of rotatable bonds is 4. The molecule has 3 heterocycles. The molecule has 9 heteroatoms. The molecule has 0 radical (unpaired) electrons. The van der Waals surface area contributed by atoms with Crippen molar-refractivity contribution in [3.05, 3.63) is 29.3 Å². The molecule has 0 unspecified atom stereocenters. The second-order valence-electron chi connectivity index (χ2n) is 3.85. The van der Waals surface area contributed by atoms with Crippen LogP contribution < -0.4 is 5.32 Å². The summed E-state index contributed by atoms with van der Waals surface area (Å²) >= 11 is 5.91. The molecule has 0 saturated carbocycles. The van der Waals surface area contributed by atoms with Crippen LogP contribution in [0.3, 0.4) is 0 Å². The Balaban J connectivity index is 1.73. The second-order valence-corrected chi connectivity index (χ2v) is 4.24. The van der Waals surface area contributed by atoms with Gasteiger partial charge in [0.25, 0.3) is 5.78 Å². The van der Waals surface area contributed by atoms with Gasteiger partial charge in [0.1, 0.15) is 17.3 Å². The zero-order valence-electron chi connectivity index (χ0n) is 10.0. The van der Waals surface area contributed by atoms with E-state index in [1.807, 2.05) is 0 Å². The number of halogens is 1. The van der Waals surface area contributed by atoms with Crippen LogP contribution in [0.5, 0.6) is 0 Å². The van der Waals surface area contributed by atoms with Gasteiger partial charge in [0.2, 0.25) is 5.89 Å². The topological polar surface area (TPSA) is 94.0 Å². The molecule has 19 heavy (non-hydrogen) atoms. The lowest BCUT2D eigenvalue weighted by Gasteiger charge is -2.06. The molecule has 3 rings (SSSR count). The number of aromatic nitrogens is 6. The molecule has 0 aliphatic rings. The van der Waals surface area contributed by atoms with E-state index < -0.39 is 0 Å². The summed E-state index contributed by atoms with van der Waals surface area (Å²) in [6, 6.07) is 1.68. The Hall–Kier alpha value is -2.22. The third-order valence-corrected chi connectivity index (χ3v) is 2.63. The van der Waals surface area contributed by atoms with E-state index in [-0.39, 0.29) is 0 Å². The van der Waals surface area contributed by atoms with Gasteiger partial charge in [-0.15, -0.1) is 0 Å². The highest BCUT2D eigenvalue weighted by molar-refractivity contribution is 6.29. The number of fused-ring (bicyclic) bond motifs is 1. The van der Waals surface area contributed by atoms with Crippen molar-refractivity contribution in [2.45, 2.75) is 13.3 Å². The quantitative estimate of drug-likeness (QED) is 0.715. The largest absolute Gasteiger partial charge is 0.369 e. The van der Waals surface area contributed by atoms with Crippen LogP contribution in [-0.4, -0.2) is 36.3 Å². The molecular weight excluding hydrogens is 270 g/mol. The van der Waals surface area contributed by atoms with Gasteiger partial charge in [-0.25, -0.2) is 0 Å². The fraction of sp³-hybridized carbons (Fsp3) is 0.300. The minimum absolute atomic E-state index is 0.358. The fourth-order valence-corrected chi connectivity index (χ4v) is 1.83. The third kappa shape index (κ3) is 2.48. The van der Waals surface area contributed by atoms with Crippen molar-refractivity contribution in [3.63, 3.8) is 0 Å². The van der Waals surface area contributed by atoms with Crippen molar-refractivity contribution < 1.29 is 4.52 Å². The first-order chi connectivity index (χ1) is 9.22. The molecule has 0 amide bonds. The predicted octanol–water partition coefficient (Wildman–Crippen LogP) is 1.12. The van der Waals surface area contributed by atoms with Crippen LogP contribution in [0.1, 0.15) is 11.7 Å². The number of anilines is 1. The monoisotopic (exact) mass is 279 g/mol. The van der Waals surface area contributed by atoms with Crippen LogP contribution in [0, 0.1) is 6.92 Å². The zero-order valence-corrected chi connectivity index (χ0v) is 10.8. The van der Waals surface area contributed by atoms with Crippen LogP contribution >= 0.6 is 11.6 Å². The van der Waals surface area contributed by atoms with Crippen LogP contribution in [0.4, 0.5) is 5.82 Å². The van der Waals surface area contributed by atoms with Crippen LogP contribution in [0.25, 0.3) is 5.78 Å². The van der Waals surface area contributed by atoms with E-state index in [0.717, 1.165) is 0 Å². The molecule has 0 saturated heterocycles. The minimum Gasteiger partial charge on any atom is -0.369 e. The van der Waals surface area contributed by atoms with Crippen molar-refractivity contribution in [3.8, 4) is 0 Å². The average molecular weight is 280 g/mol. The Bertz CT molecular complexity index is 707. The average Bonchev–Trinajstić information content (AvgIpc) is 2.98. The first-order valence-electron chi connectivity index (χ1n) is 5.62. The predicted molar refractivity (Wildman–Crippen MR) is 67.0 cm³/mol. The molecule has 3 aromatic rings. The Morgan fingerprint density at radius 1 is 1.42 bits per heavy atom. The molecule has 98 valence electrons. The van der Waals surface area contributed by atoms with Gasteiger partial charge in [-0.05, 0) is 6.92 Å². The van der Waals surface area contributed by atoms with Crippen LogP contribution in [-0.2, 0) is 6.42 Å². The molecule has 8 nitrogen and oxygen atoms in total. The second kappa shape index (κ2) is 4.81. The first-order valence-corrected chi connectivity index (χ1v) is 5.99. The van der Waals surface area contributed by atoms with Crippen molar-refractivity contribution in [1.82, 2.24) is 29.7 Å². The van der Waals surface area contributed by atoms with Gasteiger partial charge in [-0.2, -0.15) is 24.6 Å². The number of aryl methyl sites for hydroxylation is 1. The van der Waals surface area contributed by atoms with Gasteiger partial charge >= 0.3 is 0 Å². The summed E-state index contributed by atoms with van der Waals surface area (Å²) < 4.78 is 6.60. The van der Waals surface area contributed by atoms with Crippen LogP contribution in [0.2, 0.25) is 5.15 Å². The maximum atomic E-state index is 5.91. The van der Waals surface area contributed by atoms with Gasteiger partial charge in [-0.1, -0.05) is 16.8 Å². The van der Waals surface area contributed by atoms with E-state index in [2.05, 4.69) is 30.5 Å². The Kier molecular flexibility index (Phi) is 3.00. The number of nitrogens with zero attached hydrogens (tertiary/aromatic N) is 6. The van der Waals surface area contributed by atoms with Crippen molar-refractivity contribution in [2.24, 2.45) is 0 Å². The Morgan fingerprint density at radius 2 is 2.32 bits per heavy atom. The van der Waals surface area contributed by atoms with E-state index in [4.69, 9.17) is 16.1 Å². The van der Waals surface area contributed by atoms with Gasteiger partial charge in [0.15, 0.2) is 5.82 Å². The Labute approximate surface area is 112 Å². The Morgan fingerprint density at radius 3 is 3.11 bits per heavy atom. The minimum atomic E-state index is 0.358. The van der Waals surface area contributed by atoms with Gasteiger partial charge in [0.05, 0.1) is 0 Å². The van der Waals surface area contributed by atoms with Crippen molar-refractivity contribution in [1.29, 1.82) is 0 Å². The van der Waals surface area contributed by atoms with Gasteiger partial charge < -0.3 is 9.84 Å². The lowest BCUT2D eigenvalue weighted by atomic mass is 10.4. The SMILES string of the molecule is Cc1noc(CCNc2cc(Cl)nc3ncnn23)n1. The lowest BCUT2D eigenvalue weighted by Crippen LogP contribution is -2.10. The summed E-state index contributed by atoms with van der Waals surface area (Å²) in [6.07, 6.45) is 2.03. The van der Waals surface area contributed by atoms with E-state index in [1.165, 1.54) is 6.33 Å². The summed E-state index contributed by atoms with van der Waals surface area (Å²) in [4.78, 5) is 12.1. The lowest BCUT2D eigenvalue weighted by molar-refractivity contribution is 0.377. The summed E-state index contributed by atoms with van der Waals surface area (Å²) in [6.45, 7) is 2.39. The molecule has 1 N–H and O–H groups in total. The van der Waals surface area contributed by atoms with E-state index in [0.29, 0.717) is 41.4 Å². The molecule has 0 aliphatic carbocycles. The molecule has 0 atom stereocenters. The zero-order chi connectivity index (χ0) is 13.2. The fourth-order valence-electron chi connectivity index (χ4n) is 1.65. The smallest absolute Gasteiger partial charge is 0.255 e. The molecule has 0 bridgehead atoms. The molecule has 0 aliphatic heterocycles. The number of nitrogens with one attached hydrogen (secondary N) is 1. The number of hydrogen-bond acceptors (Lipinski definition) is 7. The first kappa shape index (κ1) is 11.8. The van der Waals surface area contributed by atoms with E-state index >= 15 is 0 Å². The highest BCUT2D eigenvalue weighted by atomic mass is 35.5. The molecule has 0 aromatic carbocycles. The third-order valence-electron chi connectivity index (χ3n) is 2.44. The number of hydrogen-bond donors (Lipinski definition) is 1. The highest BCUT2D eigenvalue weighted by Gasteiger charge is 2.07. The van der Waals surface area contributed by atoms with E-state index in [9.17, 15) is 0 Å². The van der Waals surface area contributed by atoms with Crippen molar-refractivity contribution >= 4 is 23.2 Å². The van der Waals surface area contributed by atoms with E-state index in [1.54, 1.807) is 17.5 Å². The summed E-state index contributed by atoms with van der Waals surface area (Å²) in [5, 5.41) is 11.3.